The van der Waals surface area contributed by atoms with Crippen LogP contribution in [-0.2, 0) is 47.6 Å². The Morgan fingerprint density at radius 1 is 0.478 bits per heavy atom. The molecule has 0 saturated carbocycles. The van der Waals surface area contributed by atoms with E-state index < -0.39 is 46.6 Å². The molecule has 0 unspecified atom stereocenters. The highest BCUT2D eigenvalue weighted by Gasteiger charge is 2.34. The lowest BCUT2D eigenvalue weighted by Crippen LogP contribution is -2.37. The monoisotopic (exact) mass is 642 g/mol. The van der Waals surface area contributed by atoms with Gasteiger partial charge in [0.1, 0.15) is 39.6 Å². The maximum atomic E-state index is 13.2. The molecule has 0 aliphatic heterocycles. The molecule has 12 heteroatoms. The van der Waals surface area contributed by atoms with Gasteiger partial charge >= 0.3 is 35.8 Å². The summed E-state index contributed by atoms with van der Waals surface area (Å²) in [5, 5.41) is 0. The molecule has 0 saturated heterocycles. The number of hydrogen-bond acceptors (Lipinski definition) is 12. The number of hydrogen-bond donors (Lipinski definition) is 0. The van der Waals surface area contributed by atoms with E-state index in [4.69, 9.17) is 28.4 Å². The summed E-state index contributed by atoms with van der Waals surface area (Å²) in [5.41, 5.74) is -2.06. The van der Waals surface area contributed by atoms with Crippen LogP contribution < -0.4 is 0 Å². The van der Waals surface area contributed by atoms with Crippen LogP contribution in [0.3, 0.4) is 0 Å². The van der Waals surface area contributed by atoms with Crippen molar-refractivity contribution < 1.29 is 57.2 Å². The van der Waals surface area contributed by atoms with Crippen molar-refractivity contribution >= 4 is 35.8 Å². The van der Waals surface area contributed by atoms with Crippen LogP contribution in [0.25, 0.3) is 0 Å². The minimum Gasteiger partial charge on any atom is -0.461 e. The second-order valence-electron chi connectivity index (χ2n) is 11.7. The first-order chi connectivity index (χ1) is 21.3. The Hall–Kier alpha value is -5.00. The summed E-state index contributed by atoms with van der Waals surface area (Å²) in [6.45, 7) is 21.2. The summed E-state index contributed by atoms with van der Waals surface area (Å²) in [6.07, 6.45) is 0. The van der Waals surface area contributed by atoms with Crippen molar-refractivity contribution in [1.29, 1.82) is 0 Å². The third-order valence-corrected chi connectivity index (χ3v) is 6.07. The molecule has 0 N–H and O–H groups in total. The average molecular weight is 643 g/mol. The van der Waals surface area contributed by atoms with Gasteiger partial charge in [-0.1, -0.05) is 38.4 Å². The molecular weight excluding hydrogens is 600 g/mol. The van der Waals surface area contributed by atoms with E-state index in [1.807, 2.05) is 0 Å². The number of carbonyl (C=O) groups is 6. The fourth-order valence-electron chi connectivity index (χ4n) is 3.18. The maximum absolute atomic E-state index is 13.2. The van der Waals surface area contributed by atoms with Gasteiger partial charge in [0.2, 0.25) is 0 Å². The number of esters is 6. The van der Waals surface area contributed by atoms with Crippen molar-refractivity contribution in [2.45, 2.75) is 41.5 Å². The minimum absolute atomic E-state index is 0.142. The van der Waals surface area contributed by atoms with Gasteiger partial charge in [0.05, 0.1) is 22.0 Å². The van der Waals surface area contributed by atoms with Crippen molar-refractivity contribution in [3.63, 3.8) is 0 Å². The number of benzene rings is 1. The van der Waals surface area contributed by atoms with Gasteiger partial charge in [0.15, 0.2) is 0 Å². The highest BCUT2D eigenvalue weighted by molar-refractivity contribution is 6.03. The molecule has 0 aliphatic carbocycles. The molecule has 0 heterocycles. The van der Waals surface area contributed by atoms with Crippen LogP contribution in [0.2, 0.25) is 0 Å². The molecule has 1 aromatic carbocycles. The first-order valence-electron chi connectivity index (χ1n) is 14.0. The average Bonchev–Trinajstić information content (AvgIpc) is 3.01. The van der Waals surface area contributed by atoms with E-state index in [-0.39, 0.29) is 73.1 Å². The molecule has 0 fully saturated rings. The van der Waals surface area contributed by atoms with Crippen LogP contribution >= 0.6 is 0 Å². The largest absolute Gasteiger partial charge is 0.461 e. The fourth-order valence-corrected chi connectivity index (χ4v) is 3.18. The fraction of sp³-hybridized carbons (Fsp3) is 0.412. The molecule has 0 amide bonds. The lowest BCUT2D eigenvalue weighted by molar-refractivity contribution is -0.152. The Balaban J connectivity index is 3.12. The lowest BCUT2D eigenvalue weighted by Gasteiger charge is -2.28. The molecule has 0 spiro atoms. The van der Waals surface area contributed by atoms with Crippen molar-refractivity contribution in [1.82, 2.24) is 0 Å². The van der Waals surface area contributed by atoms with Gasteiger partial charge in [-0.2, -0.15) is 0 Å². The summed E-state index contributed by atoms with van der Waals surface area (Å²) >= 11 is 0. The molecule has 250 valence electrons. The highest BCUT2D eigenvalue weighted by atomic mass is 16.6. The third kappa shape index (κ3) is 12.9. The molecule has 1 aromatic rings. The third-order valence-electron chi connectivity index (χ3n) is 6.07. The van der Waals surface area contributed by atoms with Crippen molar-refractivity contribution in [3.8, 4) is 0 Å². The Kier molecular flexibility index (Phi) is 14.8. The molecule has 0 atom stereocenters. The zero-order valence-corrected chi connectivity index (χ0v) is 27.3. The Labute approximate surface area is 269 Å². The normalized spacial score (nSPS) is 10.9. The smallest absolute Gasteiger partial charge is 0.339 e. The summed E-state index contributed by atoms with van der Waals surface area (Å²) in [5.74, 6) is -4.57. The molecule has 0 bridgehead atoms. The first-order valence-corrected chi connectivity index (χ1v) is 14.0. The Morgan fingerprint density at radius 2 is 0.696 bits per heavy atom. The molecule has 46 heavy (non-hydrogen) atoms. The molecule has 0 radical (unpaired) electrons. The molecule has 0 aliphatic rings. The van der Waals surface area contributed by atoms with Crippen molar-refractivity contribution in [2.75, 3.05) is 39.6 Å². The van der Waals surface area contributed by atoms with Crippen LogP contribution in [0, 0.1) is 10.8 Å². The van der Waals surface area contributed by atoms with E-state index in [9.17, 15) is 28.8 Å². The molecular formula is C34H42O12. The Bertz CT molecular complexity index is 1240. The zero-order chi connectivity index (χ0) is 35.2. The van der Waals surface area contributed by atoms with Crippen molar-refractivity contribution in [3.05, 3.63) is 84.0 Å². The maximum Gasteiger partial charge on any atom is 0.339 e. The lowest BCUT2D eigenvalue weighted by atomic mass is 9.94. The standard InChI is InChI=1S/C34H42O12/c1-21(2)27(35)41-15-33(9,16-42-28(36)22(3)4)19-45-31(39)25-13-11-12-14-26(25)32(40)46-20-34(10,17-43-29(37)23(5)6)18-44-30(38)24(7)8/h11-14H,1,3,5,7,15-20H2,2,4,6,8-10H3. The van der Waals surface area contributed by atoms with E-state index in [0.29, 0.717) is 0 Å². The second kappa shape index (κ2) is 17.5. The summed E-state index contributed by atoms with van der Waals surface area (Å²) in [6, 6.07) is 5.71. The number of carbonyl (C=O) groups excluding carboxylic acids is 6. The van der Waals surface area contributed by atoms with E-state index in [1.54, 1.807) is 13.8 Å². The topological polar surface area (TPSA) is 158 Å². The van der Waals surface area contributed by atoms with E-state index in [1.165, 1.54) is 52.0 Å². The quantitative estimate of drug-likeness (QED) is 0.126. The SMILES string of the molecule is C=C(C)C(=O)OCC(C)(COC(=O)C(=C)C)COC(=O)c1ccccc1C(=O)OCC(C)(COC(=O)C(=C)C)COC(=O)C(=C)C. The molecule has 0 aromatic heterocycles. The van der Waals surface area contributed by atoms with Gasteiger partial charge in [-0.25, -0.2) is 28.8 Å². The van der Waals surface area contributed by atoms with Crippen LogP contribution in [0.1, 0.15) is 62.3 Å². The van der Waals surface area contributed by atoms with Gasteiger partial charge in [0, 0.05) is 22.3 Å². The number of ether oxygens (including phenoxy) is 6. The first kappa shape index (κ1) is 39.0. The molecule has 12 nitrogen and oxygen atoms in total. The van der Waals surface area contributed by atoms with Crippen molar-refractivity contribution in [2.24, 2.45) is 10.8 Å². The van der Waals surface area contributed by atoms with E-state index in [2.05, 4.69) is 26.3 Å². The summed E-state index contributed by atoms with van der Waals surface area (Å²) in [7, 11) is 0. The van der Waals surface area contributed by atoms with Crippen LogP contribution in [0.4, 0.5) is 0 Å². The van der Waals surface area contributed by atoms with E-state index >= 15 is 0 Å². The zero-order valence-electron chi connectivity index (χ0n) is 27.3. The van der Waals surface area contributed by atoms with Gasteiger partial charge in [-0.15, -0.1) is 0 Å². The van der Waals surface area contributed by atoms with Gasteiger partial charge in [-0.3, -0.25) is 0 Å². The predicted octanol–water partition coefficient (Wildman–Crippen LogP) is 4.49. The minimum atomic E-state index is -1.18. The Morgan fingerprint density at radius 3 is 0.913 bits per heavy atom. The van der Waals surface area contributed by atoms with E-state index in [0.717, 1.165) is 0 Å². The van der Waals surface area contributed by atoms with Crippen LogP contribution in [0.15, 0.2) is 72.9 Å². The van der Waals surface area contributed by atoms with Gasteiger partial charge in [-0.05, 0) is 53.7 Å². The second-order valence-corrected chi connectivity index (χ2v) is 11.7. The van der Waals surface area contributed by atoms with Crippen LogP contribution in [-0.4, -0.2) is 75.5 Å². The van der Waals surface area contributed by atoms with Gasteiger partial charge < -0.3 is 28.4 Å². The summed E-state index contributed by atoms with van der Waals surface area (Å²) < 4.78 is 31.9. The van der Waals surface area contributed by atoms with Crippen LogP contribution in [0.5, 0.6) is 0 Å². The number of rotatable bonds is 18. The highest BCUT2D eigenvalue weighted by Crippen LogP contribution is 2.24. The predicted molar refractivity (Wildman–Crippen MR) is 166 cm³/mol. The van der Waals surface area contributed by atoms with Gasteiger partial charge in [0.25, 0.3) is 0 Å². The molecule has 1 rings (SSSR count). The summed E-state index contributed by atoms with van der Waals surface area (Å²) in [4.78, 5) is 74.4.